The summed E-state index contributed by atoms with van der Waals surface area (Å²) >= 11 is 4.83. The number of rotatable bonds is 4. The van der Waals surface area contributed by atoms with Gasteiger partial charge in [-0.3, -0.25) is 9.59 Å². The minimum atomic E-state index is -0.356. The molecule has 0 aliphatic carbocycles. The van der Waals surface area contributed by atoms with Gasteiger partial charge in [0.15, 0.2) is 0 Å². The van der Waals surface area contributed by atoms with Gasteiger partial charge in [-0.2, -0.15) is 0 Å². The van der Waals surface area contributed by atoms with Crippen molar-refractivity contribution in [2.45, 2.75) is 13.5 Å². The van der Waals surface area contributed by atoms with Crippen LogP contribution in [0.2, 0.25) is 0 Å². The van der Waals surface area contributed by atoms with Gasteiger partial charge in [0.25, 0.3) is 5.56 Å². The summed E-state index contributed by atoms with van der Waals surface area (Å²) in [5, 5.41) is 2.73. The quantitative estimate of drug-likeness (QED) is 0.838. The maximum Gasteiger partial charge on any atom is 0.261 e. The van der Waals surface area contributed by atoms with Crippen LogP contribution < -0.4 is 16.6 Å². The number of aryl methyl sites for hydroxylation is 1. The molecule has 1 amide bonds. The van der Waals surface area contributed by atoms with Gasteiger partial charge in [-0.15, -0.1) is 0 Å². The number of thiocarbonyl (C=S) groups is 1. The number of nitrogens with two attached hydrogens (primary N) is 1. The fourth-order valence-electron chi connectivity index (χ4n) is 1.92. The maximum atomic E-state index is 12.2. The van der Waals surface area contributed by atoms with Gasteiger partial charge in [0, 0.05) is 11.4 Å². The fourth-order valence-corrected chi connectivity index (χ4v) is 2.08. The molecule has 0 radical (unpaired) electrons. The third kappa shape index (κ3) is 3.55. The molecule has 0 unspecified atom stereocenters. The Balaban J connectivity index is 2.23. The topological polar surface area (TPSA) is 77.1 Å². The molecule has 3 N–H and O–H groups in total. The Morgan fingerprint density at radius 1 is 1.24 bits per heavy atom. The number of anilines is 1. The number of benzene rings is 1. The van der Waals surface area contributed by atoms with E-state index in [9.17, 15) is 9.59 Å². The molecule has 0 saturated heterocycles. The van der Waals surface area contributed by atoms with Gasteiger partial charge in [-0.25, -0.2) is 0 Å². The van der Waals surface area contributed by atoms with E-state index in [0.29, 0.717) is 11.4 Å². The summed E-state index contributed by atoms with van der Waals surface area (Å²) in [5.74, 6) is -0.286. The largest absolute Gasteiger partial charge is 0.389 e. The first-order chi connectivity index (χ1) is 9.99. The average molecular weight is 301 g/mol. The molecule has 21 heavy (non-hydrogen) atoms. The first kappa shape index (κ1) is 14.9. The predicted molar refractivity (Wildman–Crippen MR) is 86.4 cm³/mol. The predicted octanol–water partition coefficient (Wildman–Crippen LogP) is 1.43. The van der Waals surface area contributed by atoms with Gasteiger partial charge in [0.1, 0.15) is 11.5 Å². The molecule has 0 fully saturated rings. The normalized spacial score (nSPS) is 10.1. The van der Waals surface area contributed by atoms with Crippen LogP contribution in [0.4, 0.5) is 5.69 Å². The molecule has 1 aromatic carbocycles. The molecule has 0 saturated carbocycles. The summed E-state index contributed by atoms with van der Waals surface area (Å²) in [6.07, 6.45) is 0. The van der Waals surface area contributed by atoms with Gasteiger partial charge >= 0.3 is 0 Å². The molecule has 1 aromatic heterocycles. The third-order valence-corrected chi connectivity index (χ3v) is 3.24. The van der Waals surface area contributed by atoms with E-state index in [0.717, 1.165) is 0 Å². The van der Waals surface area contributed by atoms with Crippen LogP contribution in [-0.4, -0.2) is 15.5 Å². The Kier molecular flexibility index (Phi) is 4.49. The fraction of sp³-hybridized carbons (Fsp3) is 0.133. The van der Waals surface area contributed by atoms with Crippen molar-refractivity contribution < 1.29 is 4.79 Å². The monoisotopic (exact) mass is 301 g/mol. The first-order valence-corrected chi connectivity index (χ1v) is 6.75. The van der Waals surface area contributed by atoms with Crippen LogP contribution in [0.5, 0.6) is 0 Å². The van der Waals surface area contributed by atoms with E-state index >= 15 is 0 Å². The number of pyridine rings is 1. The van der Waals surface area contributed by atoms with Crippen molar-refractivity contribution in [3.63, 3.8) is 0 Å². The third-order valence-electron chi connectivity index (χ3n) is 3.02. The molecule has 0 aliphatic heterocycles. The lowest BCUT2D eigenvalue weighted by molar-refractivity contribution is -0.116. The van der Waals surface area contributed by atoms with Crippen molar-refractivity contribution in [2.75, 3.05) is 5.32 Å². The van der Waals surface area contributed by atoms with E-state index in [4.69, 9.17) is 18.0 Å². The standard InChI is InChI=1S/C15H15N3O2S/c1-10-7-8-12(14(16)21)15(20)18(10)9-13(19)17-11-5-3-2-4-6-11/h2-8H,9H2,1H3,(H2,16,21)(H,17,19). The van der Waals surface area contributed by atoms with E-state index in [-0.39, 0.29) is 28.6 Å². The van der Waals surface area contributed by atoms with Gasteiger partial charge in [0.05, 0.1) is 5.56 Å². The number of hydrogen-bond donors (Lipinski definition) is 2. The Labute approximate surface area is 127 Å². The number of nitrogens with zero attached hydrogens (tertiary/aromatic N) is 1. The van der Waals surface area contributed by atoms with E-state index in [1.54, 1.807) is 31.2 Å². The van der Waals surface area contributed by atoms with Crippen molar-refractivity contribution in [3.8, 4) is 0 Å². The SMILES string of the molecule is Cc1ccc(C(N)=S)c(=O)n1CC(=O)Nc1ccccc1. The van der Waals surface area contributed by atoms with Gasteiger partial charge in [0.2, 0.25) is 5.91 Å². The Morgan fingerprint density at radius 3 is 2.52 bits per heavy atom. The summed E-state index contributed by atoms with van der Waals surface area (Å²) in [6.45, 7) is 1.66. The summed E-state index contributed by atoms with van der Waals surface area (Å²) in [6, 6.07) is 12.3. The van der Waals surface area contributed by atoms with E-state index in [2.05, 4.69) is 5.32 Å². The molecule has 0 bridgehead atoms. The second-order valence-electron chi connectivity index (χ2n) is 4.56. The number of amides is 1. The summed E-state index contributed by atoms with van der Waals surface area (Å²) in [4.78, 5) is 24.3. The Bertz CT molecular complexity index is 738. The van der Waals surface area contributed by atoms with E-state index in [1.807, 2.05) is 18.2 Å². The summed E-state index contributed by atoms with van der Waals surface area (Å²) < 4.78 is 1.35. The molecule has 6 heteroatoms. The minimum absolute atomic E-state index is 0.0252. The van der Waals surface area contributed by atoms with E-state index in [1.165, 1.54) is 4.57 Å². The molecule has 0 atom stereocenters. The number of nitrogens with one attached hydrogen (secondary N) is 1. The lowest BCUT2D eigenvalue weighted by Gasteiger charge is -2.11. The zero-order valence-corrected chi connectivity index (χ0v) is 12.3. The van der Waals surface area contributed by atoms with Crippen molar-refractivity contribution >= 4 is 28.8 Å². The highest BCUT2D eigenvalue weighted by molar-refractivity contribution is 7.80. The zero-order valence-electron chi connectivity index (χ0n) is 11.5. The number of aromatic nitrogens is 1. The minimum Gasteiger partial charge on any atom is -0.389 e. The zero-order chi connectivity index (χ0) is 15.4. The smallest absolute Gasteiger partial charge is 0.261 e. The van der Waals surface area contributed by atoms with Gasteiger partial charge in [-0.05, 0) is 31.2 Å². The lowest BCUT2D eigenvalue weighted by atomic mass is 10.2. The highest BCUT2D eigenvalue weighted by Gasteiger charge is 2.11. The average Bonchev–Trinajstić information content (AvgIpc) is 2.44. The van der Waals surface area contributed by atoms with Crippen LogP contribution in [0.3, 0.4) is 0 Å². The number of para-hydroxylation sites is 1. The van der Waals surface area contributed by atoms with E-state index < -0.39 is 0 Å². The molecule has 108 valence electrons. The van der Waals surface area contributed by atoms with Crippen LogP contribution in [0.15, 0.2) is 47.3 Å². The van der Waals surface area contributed by atoms with Crippen LogP contribution in [0.1, 0.15) is 11.3 Å². The molecule has 2 aromatic rings. The van der Waals surface area contributed by atoms with Crippen molar-refractivity contribution in [1.29, 1.82) is 0 Å². The van der Waals surface area contributed by atoms with Crippen LogP contribution in [0.25, 0.3) is 0 Å². The van der Waals surface area contributed by atoms with Crippen molar-refractivity contribution in [3.05, 3.63) is 64.1 Å². The van der Waals surface area contributed by atoms with Crippen molar-refractivity contribution in [2.24, 2.45) is 5.73 Å². The summed E-state index contributed by atoms with van der Waals surface area (Å²) in [5.41, 5.74) is 6.74. The highest BCUT2D eigenvalue weighted by Crippen LogP contribution is 2.05. The first-order valence-electron chi connectivity index (χ1n) is 6.34. The lowest BCUT2D eigenvalue weighted by Crippen LogP contribution is -2.33. The number of carbonyl (C=O) groups excluding carboxylic acids is 1. The van der Waals surface area contributed by atoms with Crippen LogP contribution >= 0.6 is 12.2 Å². The summed E-state index contributed by atoms with van der Waals surface area (Å²) in [7, 11) is 0. The molecule has 5 nitrogen and oxygen atoms in total. The second kappa shape index (κ2) is 6.32. The van der Waals surface area contributed by atoms with Crippen LogP contribution in [0, 0.1) is 6.92 Å². The molecular formula is C15H15N3O2S. The molecule has 2 rings (SSSR count). The Hall–Kier alpha value is -2.47. The van der Waals surface area contributed by atoms with Crippen LogP contribution in [-0.2, 0) is 11.3 Å². The highest BCUT2D eigenvalue weighted by atomic mass is 32.1. The van der Waals surface area contributed by atoms with Crippen molar-refractivity contribution in [1.82, 2.24) is 4.57 Å². The maximum absolute atomic E-state index is 12.2. The molecule has 0 aliphatic rings. The molecule has 0 spiro atoms. The van der Waals surface area contributed by atoms with Gasteiger partial charge in [-0.1, -0.05) is 30.4 Å². The number of carbonyl (C=O) groups is 1. The molecular weight excluding hydrogens is 286 g/mol. The number of hydrogen-bond acceptors (Lipinski definition) is 3. The molecule has 1 heterocycles. The second-order valence-corrected chi connectivity index (χ2v) is 5.00. The Morgan fingerprint density at radius 2 is 1.90 bits per heavy atom. The van der Waals surface area contributed by atoms with Gasteiger partial charge < -0.3 is 15.6 Å².